The summed E-state index contributed by atoms with van der Waals surface area (Å²) in [6.45, 7) is 1.69. The van der Waals surface area contributed by atoms with Gasteiger partial charge in [0.05, 0.1) is 11.6 Å². The number of imidazole rings is 1. The Morgan fingerprint density at radius 2 is 1.95 bits per heavy atom. The van der Waals surface area contributed by atoms with Gasteiger partial charge in [-0.25, -0.2) is 9.78 Å². The van der Waals surface area contributed by atoms with Crippen LogP contribution in [0.4, 0.5) is 18.0 Å². The molecular formula is C13H12F3N3O. The number of carbonyl (C=O) groups excluding carboxylic acids is 1. The highest BCUT2D eigenvalue weighted by molar-refractivity contribution is 5.76. The third-order valence-electron chi connectivity index (χ3n) is 2.82. The van der Waals surface area contributed by atoms with Crippen LogP contribution in [0.25, 0.3) is 0 Å². The van der Waals surface area contributed by atoms with Gasteiger partial charge in [0.25, 0.3) is 0 Å². The van der Waals surface area contributed by atoms with E-state index in [9.17, 15) is 18.0 Å². The van der Waals surface area contributed by atoms with Crippen LogP contribution in [-0.4, -0.2) is 15.6 Å². The first-order valence-corrected chi connectivity index (χ1v) is 5.84. The number of rotatable bonds is 2. The quantitative estimate of drug-likeness (QED) is 0.919. The molecule has 0 saturated carbocycles. The van der Waals surface area contributed by atoms with Crippen molar-refractivity contribution in [2.45, 2.75) is 19.1 Å². The van der Waals surface area contributed by atoms with Crippen molar-refractivity contribution in [2.75, 3.05) is 0 Å². The summed E-state index contributed by atoms with van der Waals surface area (Å²) in [5.41, 5.74) is -0.124. The van der Waals surface area contributed by atoms with Crippen molar-refractivity contribution in [1.82, 2.24) is 14.9 Å². The second-order valence-electron chi connectivity index (χ2n) is 4.26. The molecule has 1 aromatic carbocycles. The number of hydrogen-bond donors (Lipinski definition) is 1. The molecule has 2 aromatic rings. The lowest BCUT2D eigenvalue weighted by atomic mass is 10.1. The number of halogens is 3. The lowest BCUT2D eigenvalue weighted by Crippen LogP contribution is -2.30. The largest absolute Gasteiger partial charge is 0.416 e. The SMILES string of the molecule is CC(NC(=O)n1ccnc1)c1ccc(C(F)(F)F)cc1. The van der Waals surface area contributed by atoms with Crippen molar-refractivity contribution in [3.8, 4) is 0 Å². The van der Waals surface area contributed by atoms with E-state index >= 15 is 0 Å². The van der Waals surface area contributed by atoms with Gasteiger partial charge in [0.2, 0.25) is 0 Å². The van der Waals surface area contributed by atoms with Crippen LogP contribution in [0.1, 0.15) is 24.1 Å². The monoisotopic (exact) mass is 283 g/mol. The summed E-state index contributed by atoms with van der Waals surface area (Å²) in [6.07, 6.45) is -0.0756. The Labute approximate surface area is 113 Å². The van der Waals surface area contributed by atoms with Gasteiger partial charge in [-0.1, -0.05) is 12.1 Å². The molecule has 20 heavy (non-hydrogen) atoms. The van der Waals surface area contributed by atoms with Gasteiger partial charge < -0.3 is 5.32 Å². The maximum absolute atomic E-state index is 12.4. The summed E-state index contributed by atoms with van der Waals surface area (Å²) in [7, 11) is 0. The molecule has 0 aliphatic heterocycles. The van der Waals surface area contributed by atoms with Gasteiger partial charge in [-0.3, -0.25) is 4.57 Å². The van der Waals surface area contributed by atoms with Crippen LogP contribution >= 0.6 is 0 Å². The third-order valence-corrected chi connectivity index (χ3v) is 2.82. The highest BCUT2D eigenvalue weighted by atomic mass is 19.4. The van der Waals surface area contributed by atoms with Crippen molar-refractivity contribution in [3.05, 3.63) is 54.1 Å². The molecular weight excluding hydrogens is 271 g/mol. The van der Waals surface area contributed by atoms with Crippen LogP contribution in [-0.2, 0) is 6.18 Å². The molecule has 0 fully saturated rings. The lowest BCUT2D eigenvalue weighted by molar-refractivity contribution is -0.137. The van der Waals surface area contributed by atoms with Gasteiger partial charge in [0, 0.05) is 12.4 Å². The Morgan fingerprint density at radius 1 is 1.30 bits per heavy atom. The highest BCUT2D eigenvalue weighted by Gasteiger charge is 2.30. The standard InChI is InChI=1S/C13H12F3N3O/c1-9(18-12(20)19-7-6-17-8-19)10-2-4-11(5-3-10)13(14,15)16/h2-9H,1H3,(H,18,20). The number of amides is 1. The van der Waals surface area contributed by atoms with E-state index in [2.05, 4.69) is 10.3 Å². The second kappa shape index (κ2) is 5.36. The van der Waals surface area contributed by atoms with Crippen molar-refractivity contribution in [3.63, 3.8) is 0 Å². The number of alkyl halides is 3. The maximum Gasteiger partial charge on any atom is 0.416 e. The summed E-state index contributed by atoms with van der Waals surface area (Å²) in [5, 5.41) is 2.66. The molecule has 0 radical (unpaired) electrons. The molecule has 1 atom stereocenters. The number of aromatic nitrogens is 2. The smallest absolute Gasteiger partial charge is 0.331 e. The lowest BCUT2D eigenvalue weighted by Gasteiger charge is -2.15. The first-order valence-electron chi connectivity index (χ1n) is 5.84. The first-order chi connectivity index (χ1) is 9.38. The summed E-state index contributed by atoms with van der Waals surface area (Å²) >= 11 is 0. The van der Waals surface area contributed by atoms with Gasteiger partial charge >= 0.3 is 12.2 Å². The maximum atomic E-state index is 12.4. The fourth-order valence-corrected chi connectivity index (χ4v) is 1.68. The first kappa shape index (κ1) is 14.1. The van der Waals surface area contributed by atoms with E-state index in [0.29, 0.717) is 5.56 Å². The van der Waals surface area contributed by atoms with Gasteiger partial charge in [-0.2, -0.15) is 13.2 Å². The van der Waals surface area contributed by atoms with Crippen LogP contribution in [0.5, 0.6) is 0 Å². The van der Waals surface area contributed by atoms with E-state index in [1.165, 1.54) is 35.4 Å². The minimum absolute atomic E-state index is 0.394. The molecule has 2 rings (SSSR count). The molecule has 4 nitrogen and oxygen atoms in total. The van der Waals surface area contributed by atoms with E-state index < -0.39 is 23.8 Å². The van der Waals surface area contributed by atoms with Crippen molar-refractivity contribution < 1.29 is 18.0 Å². The average molecular weight is 283 g/mol. The normalized spacial score (nSPS) is 13.0. The minimum atomic E-state index is -4.36. The summed E-state index contributed by atoms with van der Waals surface area (Å²) < 4.78 is 38.6. The van der Waals surface area contributed by atoms with Crippen molar-refractivity contribution >= 4 is 6.03 Å². The second-order valence-corrected chi connectivity index (χ2v) is 4.26. The third kappa shape index (κ3) is 3.17. The fraction of sp³-hybridized carbons (Fsp3) is 0.231. The molecule has 1 amide bonds. The predicted molar refractivity (Wildman–Crippen MR) is 66.0 cm³/mol. The van der Waals surface area contributed by atoms with Gasteiger partial charge in [0.15, 0.2) is 0 Å². The molecule has 1 heterocycles. The topological polar surface area (TPSA) is 46.9 Å². The number of benzene rings is 1. The molecule has 0 saturated heterocycles. The molecule has 0 aliphatic carbocycles. The minimum Gasteiger partial charge on any atom is -0.331 e. The Balaban J connectivity index is 2.06. The summed E-state index contributed by atoms with van der Waals surface area (Å²) in [4.78, 5) is 15.5. The van der Waals surface area contributed by atoms with Gasteiger partial charge in [-0.05, 0) is 24.6 Å². The number of nitrogens with zero attached hydrogens (tertiary/aromatic N) is 2. The van der Waals surface area contributed by atoms with E-state index in [0.717, 1.165) is 12.1 Å². The van der Waals surface area contributed by atoms with Crippen LogP contribution in [0.3, 0.4) is 0 Å². The molecule has 106 valence electrons. The zero-order valence-corrected chi connectivity index (χ0v) is 10.6. The number of carbonyl (C=O) groups is 1. The van der Waals surface area contributed by atoms with Crippen molar-refractivity contribution in [2.24, 2.45) is 0 Å². The average Bonchev–Trinajstić information content (AvgIpc) is 2.91. The molecule has 1 N–H and O–H groups in total. The van der Waals surface area contributed by atoms with Gasteiger partial charge in [-0.15, -0.1) is 0 Å². The van der Waals surface area contributed by atoms with Gasteiger partial charge in [0.1, 0.15) is 6.33 Å². The van der Waals surface area contributed by atoms with E-state index in [1.54, 1.807) is 6.92 Å². The Bertz CT molecular complexity index is 576. The molecule has 1 aromatic heterocycles. The molecule has 0 spiro atoms. The fourth-order valence-electron chi connectivity index (χ4n) is 1.68. The summed E-state index contributed by atoms with van der Waals surface area (Å²) in [6, 6.07) is 3.88. The zero-order valence-electron chi connectivity index (χ0n) is 10.6. The molecule has 7 heteroatoms. The van der Waals surface area contributed by atoms with Crippen LogP contribution < -0.4 is 5.32 Å². The Kier molecular flexibility index (Phi) is 3.78. The number of hydrogen-bond acceptors (Lipinski definition) is 2. The molecule has 1 unspecified atom stereocenters. The molecule has 0 aliphatic rings. The van der Waals surface area contributed by atoms with Crippen molar-refractivity contribution in [1.29, 1.82) is 0 Å². The highest BCUT2D eigenvalue weighted by Crippen LogP contribution is 2.29. The van der Waals surface area contributed by atoms with Crippen LogP contribution in [0, 0.1) is 0 Å². The van der Waals surface area contributed by atoms with E-state index in [4.69, 9.17) is 0 Å². The Morgan fingerprint density at radius 3 is 2.45 bits per heavy atom. The van der Waals surface area contributed by atoms with E-state index in [1.807, 2.05) is 0 Å². The zero-order chi connectivity index (χ0) is 14.8. The van der Waals surface area contributed by atoms with Crippen LogP contribution in [0.15, 0.2) is 43.0 Å². The number of nitrogens with one attached hydrogen (secondary N) is 1. The molecule has 0 bridgehead atoms. The predicted octanol–water partition coefficient (Wildman–Crippen LogP) is 3.22. The summed E-state index contributed by atoms with van der Waals surface area (Å²) in [5.74, 6) is 0. The van der Waals surface area contributed by atoms with Crippen LogP contribution in [0.2, 0.25) is 0 Å². The van der Waals surface area contributed by atoms with E-state index in [-0.39, 0.29) is 0 Å². The Hall–Kier alpha value is -2.31.